The molecule has 0 spiro atoms. The normalized spacial score (nSPS) is 13.4. The van der Waals surface area contributed by atoms with Crippen molar-refractivity contribution in [1.29, 1.82) is 0 Å². The molecule has 0 bridgehead atoms. The monoisotopic (exact) mass is 302 g/mol. The average Bonchev–Trinajstić information content (AvgIpc) is 2.33. The van der Waals surface area contributed by atoms with Crippen LogP contribution in [0.4, 0.5) is 0 Å². The third kappa shape index (κ3) is 5.37. The summed E-state index contributed by atoms with van der Waals surface area (Å²) >= 11 is 4.49. The number of carboxylic acids is 1. The second-order valence-corrected chi connectivity index (χ2v) is 8.11. The molecular weight excluding hydrogens is 280 g/mol. The van der Waals surface area contributed by atoms with Gasteiger partial charge in [-0.2, -0.15) is 9.93 Å². The molecule has 108 valence electrons. The predicted molar refractivity (Wildman–Crippen MR) is 85.1 cm³/mol. The van der Waals surface area contributed by atoms with Crippen LogP contribution in [0.2, 0.25) is 0 Å². The molecule has 0 aliphatic carbocycles. The number of rotatable bonds is 7. The maximum absolute atomic E-state index is 10.5. The standard InChI is InChI=1S/C14H22O3S2/c1-10(2)12-7-6-11(19(3)18)9-13(12)17-8-4-5-14(15)16/h6-7,9-10,18-19H,4-5,8H2,1-3H3,(H,15,16). The zero-order valence-electron chi connectivity index (χ0n) is 11.6. The molecule has 3 nitrogen and oxygen atoms in total. The molecule has 0 aromatic heterocycles. The zero-order valence-corrected chi connectivity index (χ0v) is 13.4. The molecule has 1 atom stereocenters. The van der Waals surface area contributed by atoms with Crippen LogP contribution in [0.1, 0.15) is 38.2 Å². The summed E-state index contributed by atoms with van der Waals surface area (Å²) in [5.74, 6) is 0.460. The Morgan fingerprint density at radius 2 is 2.16 bits per heavy atom. The van der Waals surface area contributed by atoms with Gasteiger partial charge in [0.1, 0.15) is 5.75 Å². The van der Waals surface area contributed by atoms with Crippen LogP contribution in [0, 0.1) is 0 Å². The molecule has 5 heteroatoms. The van der Waals surface area contributed by atoms with Crippen LogP contribution >= 0.6 is 21.6 Å². The summed E-state index contributed by atoms with van der Waals surface area (Å²) in [7, 11) is -0.452. The van der Waals surface area contributed by atoms with Gasteiger partial charge < -0.3 is 9.84 Å². The van der Waals surface area contributed by atoms with E-state index in [4.69, 9.17) is 9.84 Å². The number of aliphatic carboxylic acids is 1. The molecule has 1 N–H and O–H groups in total. The fraction of sp³-hybridized carbons (Fsp3) is 0.500. The first-order valence-corrected chi connectivity index (χ1v) is 9.27. The lowest BCUT2D eigenvalue weighted by atomic mass is 10.0. The second-order valence-electron chi connectivity index (χ2n) is 4.75. The summed E-state index contributed by atoms with van der Waals surface area (Å²) in [6.45, 7) is 4.67. The molecule has 1 rings (SSSR count). The van der Waals surface area contributed by atoms with Crippen molar-refractivity contribution in [2.45, 2.75) is 37.5 Å². The Balaban J connectivity index is 2.77. The Morgan fingerprint density at radius 3 is 2.68 bits per heavy atom. The lowest BCUT2D eigenvalue weighted by molar-refractivity contribution is -0.137. The fourth-order valence-electron chi connectivity index (χ4n) is 1.73. The number of ether oxygens (including phenoxy) is 1. The SMILES string of the molecule is CC(C)c1ccc([SH](C)S)cc1OCCCC(=O)O. The van der Waals surface area contributed by atoms with E-state index in [0.29, 0.717) is 18.9 Å². The van der Waals surface area contributed by atoms with Gasteiger partial charge in [0.15, 0.2) is 0 Å². The van der Waals surface area contributed by atoms with E-state index in [9.17, 15) is 4.79 Å². The van der Waals surface area contributed by atoms with Gasteiger partial charge in [0.2, 0.25) is 0 Å². The van der Waals surface area contributed by atoms with Gasteiger partial charge in [0.25, 0.3) is 0 Å². The Kier molecular flexibility index (Phi) is 6.58. The van der Waals surface area contributed by atoms with Crippen LogP contribution in [-0.2, 0) is 4.79 Å². The van der Waals surface area contributed by atoms with Crippen molar-refractivity contribution in [3.8, 4) is 5.75 Å². The van der Waals surface area contributed by atoms with E-state index in [2.05, 4.69) is 43.9 Å². The number of benzene rings is 1. The van der Waals surface area contributed by atoms with Crippen molar-refractivity contribution < 1.29 is 14.6 Å². The summed E-state index contributed by atoms with van der Waals surface area (Å²) in [5, 5.41) is 8.61. The third-order valence-electron chi connectivity index (χ3n) is 2.79. The molecular formula is C14H22O3S2. The van der Waals surface area contributed by atoms with E-state index >= 15 is 0 Å². The van der Waals surface area contributed by atoms with E-state index in [1.165, 1.54) is 4.90 Å². The van der Waals surface area contributed by atoms with Crippen LogP contribution < -0.4 is 4.74 Å². The first-order chi connectivity index (χ1) is 8.91. The number of hydrogen-bond donors (Lipinski definition) is 3. The predicted octanol–water partition coefficient (Wildman–Crippen LogP) is 3.89. The van der Waals surface area contributed by atoms with E-state index in [0.717, 1.165) is 11.3 Å². The number of thiol groups is 2. The molecule has 0 aliphatic rings. The van der Waals surface area contributed by atoms with Crippen LogP contribution in [0.15, 0.2) is 23.1 Å². The molecule has 0 heterocycles. The summed E-state index contributed by atoms with van der Waals surface area (Å²) in [6, 6.07) is 6.22. The van der Waals surface area contributed by atoms with Crippen molar-refractivity contribution in [2.75, 3.05) is 12.9 Å². The van der Waals surface area contributed by atoms with Crippen molar-refractivity contribution in [3.05, 3.63) is 23.8 Å². The van der Waals surface area contributed by atoms with Gasteiger partial charge >= 0.3 is 5.97 Å². The molecule has 0 amide bonds. The minimum Gasteiger partial charge on any atom is -0.493 e. The summed E-state index contributed by atoms with van der Waals surface area (Å²) in [6.07, 6.45) is 2.75. The van der Waals surface area contributed by atoms with Crippen LogP contribution in [0.3, 0.4) is 0 Å². The molecule has 0 saturated carbocycles. The van der Waals surface area contributed by atoms with Gasteiger partial charge in [-0.15, -0.1) is 11.7 Å². The lowest BCUT2D eigenvalue weighted by Gasteiger charge is -2.17. The van der Waals surface area contributed by atoms with E-state index in [1.807, 2.05) is 6.07 Å². The minimum atomic E-state index is -0.783. The van der Waals surface area contributed by atoms with Gasteiger partial charge in [-0.05, 0) is 41.2 Å². The maximum atomic E-state index is 10.5. The largest absolute Gasteiger partial charge is 0.493 e. The molecule has 1 aromatic carbocycles. The van der Waals surface area contributed by atoms with Crippen LogP contribution in [0.5, 0.6) is 5.75 Å². The smallest absolute Gasteiger partial charge is 0.303 e. The van der Waals surface area contributed by atoms with Crippen molar-refractivity contribution in [2.24, 2.45) is 0 Å². The molecule has 1 unspecified atom stereocenters. The molecule has 0 radical (unpaired) electrons. The Labute approximate surface area is 122 Å². The van der Waals surface area contributed by atoms with Gasteiger partial charge in [-0.25, -0.2) is 0 Å². The number of carbonyl (C=O) groups is 1. The summed E-state index contributed by atoms with van der Waals surface area (Å²) < 4.78 is 5.75. The van der Waals surface area contributed by atoms with Gasteiger partial charge in [0.05, 0.1) is 6.61 Å². The quantitative estimate of drug-likeness (QED) is 0.407. The highest BCUT2D eigenvalue weighted by Gasteiger charge is 2.10. The Bertz CT molecular complexity index is 431. The lowest BCUT2D eigenvalue weighted by Crippen LogP contribution is -2.04. The van der Waals surface area contributed by atoms with Gasteiger partial charge in [-0.1, -0.05) is 19.9 Å². The third-order valence-corrected chi connectivity index (χ3v) is 4.50. The van der Waals surface area contributed by atoms with Crippen LogP contribution in [0.25, 0.3) is 0 Å². The Hall–Kier alpha value is -0.810. The molecule has 0 saturated heterocycles. The number of carboxylic acid groups (broad SMARTS) is 1. The van der Waals surface area contributed by atoms with E-state index in [1.54, 1.807) is 0 Å². The topological polar surface area (TPSA) is 46.5 Å². The zero-order chi connectivity index (χ0) is 14.4. The molecule has 0 fully saturated rings. The maximum Gasteiger partial charge on any atom is 0.303 e. The summed E-state index contributed by atoms with van der Waals surface area (Å²) in [5.41, 5.74) is 1.16. The Morgan fingerprint density at radius 1 is 1.47 bits per heavy atom. The number of hydrogen-bond acceptors (Lipinski definition) is 3. The minimum absolute atomic E-state index is 0.143. The van der Waals surface area contributed by atoms with E-state index < -0.39 is 15.9 Å². The first-order valence-electron chi connectivity index (χ1n) is 6.33. The van der Waals surface area contributed by atoms with Crippen LogP contribution in [-0.4, -0.2) is 23.9 Å². The van der Waals surface area contributed by atoms with Crippen molar-refractivity contribution in [3.63, 3.8) is 0 Å². The van der Waals surface area contributed by atoms with Gasteiger partial charge in [-0.3, -0.25) is 4.79 Å². The second kappa shape index (κ2) is 7.70. The van der Waals surface area contributed by atoms with Gasteiger partial charge in [0, 0.05) is 6.42 Å². The summed E-state index contributed by atoms with van der Waals surface area (Å²) in [4.78, 5) is 11.6. The highest BCUT2D eigenvalue weighted by Crippen LogP contribution is 2.40. The highest BCUT2D eigenvalue weighted by molar-refractivity contribution is 8.77. The van der Waals surface area contributed by atoms with Crippen molar-refractivity contribution in [1.82, 2.24) is 0 Å². The van der Waals surface area contributed by atoms with Crippen molar-refractivity contribution >= 4 is 27.6 Å². The molecule has 19 heavy (non-hydrogen) atoms. The van der Waals surface area contributed by atoms with E-state index in [-0.39, 0.29) is 6.42 Å². The molecule has 0 aliphatic heterocycles. The highest BCUT2D eigenvalue weighted by atomic mass is 33.1. The fourth-order valence-corrected chi connectivity index (χ4v) is 2.70. The average molecular weight is 302 g/mol. The first kappa shape index (κ1) is 16.2. The molecule has 1 aromatic rings.